The first-order valence-corrected chi connectivity index (χ1v) is 9.44. The third-order valence-corrected chi connectivity index (χ3v) is 5.77. The molecule has 0 spiro atoms. The highest BCUT2D eigenvalue weighted by Crippen LogP contribution is 2.28. The molecule has 26 heavy (non-hydrogen) atoms. The summed E-state index contributed by atoms with van der Waals surface area (Å²) in [7, 11) is 0. The van der Waals surface area contributed by atoms with Gasteiger partial charge < -0.3 is 20.9 Å². The van der Waals surface area contributed by atoms with E-state index in [0.29, 0.717) is 32.5 Å². The van der Waals surface area contributed by atoms with Crippen molar-refractivity contribution in [3.8, 4) is 0 Å². The number of carbonyl (C=O) groups excluding carboxylic acids is 1. The number of rotatable bonds is 4. The van der Waals surface area contributed by atoms with Crippen LogP contribution in [-0.4, -0.2) is 44.5 Å². The number of nitrogens with two attached hydrogens (primary N) is 1. The van der Waals surface area contributed by atoms with E-state index >= 15 is 0 Å². The molecule has 8 nitrogen and oxygen atoms in total. The number of carbonyl (C=O) groups is 1. The molecule has 0 radical (unpaired) electrons. The number of fused-ring (bicyclic) bond motifs is 1. The first kappa shape index (κ1) is 16.9. The number of nitrogens with zero attached hydrogens (tertiary/aromatic N) is 4. The summed E-state index contributed by atoms with van der Waals surface area (Å²) in [5, 5.41) is 6.79. The summed E-state index contributed by atoms with van der Waals surface area (Å²) in [6.45, 7) is 3.72. The summed E-state index contributed by atoms with van der Waals surface area (Å²) in [6.07, 6.45) is 4.56. The Morgan fingerprint density at radius 2 is 2.23 bits per heavy atom. The third kappa shape index (κ3) is 3.15. The van der Waals surface area contributed by atoms with Crippen LogP contribution in [0.25, 0.3) is 11.0 Å². The van der Waals surface area contributed by atoms with Crippen LogP contribution in [0.4, 0.5) is 5.82 Å². The van der Waals surface area contributed by atoms with Crippen LogP contribution in [0.15, 0.2) is 24.0 Å². The fourth-order valence-corrected chi connectivity index (χ4v) is 3.98. The van der Waals surface area contributed by atoms with E-state index in [-0.39, 0.29) is 5.91 Å². The number of anilines is 1. The van der Waals surface area contributed by atoms with E-state index in [9.17, 15) is 4.79 Å². The minimum atomic E-state index is -0.854. The van der Waals surface area contributed by atoms with Crippen molar-refractivity contribution in [2.45, 2.75) is 31.8 Å². The lowest BCUT2D eigenvalue weighted by atomic mass is 9.87. The zero-order chi connectivity index (χ0) is 18.1. The topological polar surface area (TPSA) is 113 Å². The summed E-state index contributed by atoms with van der Waals surface area (Å²) < 4.78 is 0. The average molecular weight is 371 g/mol. The smallest absolute Gasteiger partial charge is 0.240 e. The van der Waals surface area contributed by atoms with Gasteiger partial charge in [-0.05, 0) is 25.8 Å². The Labute approximate surface area is 154 Å². The maximum Gasteiger partial charge on any atom is 0.240 e. The van der Waals surface area contributed by atoms with Gasteiger partial charge in [-0.15, -0.1) is 11.3 Å². The highest BCUT2D eigenvalue weighted by atomic mass is 32.1. The van der Waals surface area contributed by atoms with Crippen LogP contribution < -0.4 is 16.0 Å². The minimum Gasteiger partial charge on any atom is -0.356 e. The van der Waals surface area contributed by atoms with Crippen LogP contribution in [0, 0.1) is 6.92 Å². The zero-order valence-corrected chi connectivity index (χ0v) is 15.3. The van der Waals surface area contributed by atoms with Crippen molar-refractivity contribution in [3.63, 3.8) is 0 Å². The molecule has 3 aromatic rings. The molecule has 0 aromatic carbocycles. The second kappa shape index (κ2) is 6.65. The number of aryl methyl sites for hydroxylation is 1. The number of amides is 1. The molecule has 1 aliphatic heterocycles. The fraction of sp³-hybridized carbons (Fsp3) is 0.412. The van der Waals surface area contributed by atoms with Crippen molar-refractivity contribution >= 4 is 34.1 Å². The standard InChI is InChI=1S/C17H21N7OS/c1-11-9-26-13(23-11)8-20-16(25)17(18)3-6-24(7-4-17)15-12-2-5-19-14(12)21-10-22-15/h2,5,9-10H,3-4,6-8,18H2,1H3,(H,20,25)(H,19,21,22). The normalized spacial score (nSPS) is 16.8. The van der Waals surface area contributed by atoms with Crippen LogP contribution in [0.3, 0.4) is 0 Å². The summed E-state index contributed by atoms with van der Waals surface area (Å²) in [4.78, 5) is 30.9. The lowest BCUT2D eigenvalue weighted by Crippen LogP contribution is -2.59. The second-order valence-corrected chi connectivity index (χ2v) is 7.59. The van der Waals surface area contributed by atoms with Gasteiger partial charge in [0, 0.05) is 30.4 Å². The number of thiazole rings is 1. The Hall–Kier alpha value is -2.52. The molecule has 1 saturated heterocycles. The molecule has 1 fully saturated rings. The first-order chi connectivity index (χ1) is 12.5. The predicted octanol–water partition coefficient (Wildman–Crippen LogP) is 1.34. The number of aromatic amines is 1. The van der Waals surface area contributed by atoms with Gasteiger partial charge in [-0.3, -0.25) is 4.79 Å². The highest BCUT2D eigenvalue weighted by Gasteiger charge is 2.38. The lowest BCUT2D eigenvalue weighted by molar-refractivity contribution is -0.127. The van der Waals surface area contributed by atoms with Crippen LogP contribution >= 0.6 is 11.3 Å². The van der Waals surface area contributed by atoms with E-state index in [0.717, 1.165) is 27.6 Å². The van der Waals surface area contributed by atoms with Crippen LogP contribution in [0.5, 0.6) is 0 Å². The third-order valence-electron chi connectivity index (χ3n) is 4.81. The number of hydrogen-bond acceptors (Lipinski definition) is 7. The van der Waals surface area contributed by atoms with E-state index in [1.807, 2.05) is 24.6 Å². The molecule has 0 unspecified atom stereocenters. The van der Waals surface area contributed by atoms with Crippen molar-refractivity contribution in [2.24, 2.45) is 5.73 Å². The summed E-state index contributed by atoms with van der Waals surface area (Å²) in [6, 6.07) is 1.97. The molecule has 3 aromatic heterocycles. The lowest BCUT2D eigenvalue weighted by Gasteiger charge is -2.38. The van der Waals surface area contributed by atoms with Gasteiger partial charge in [0.25, 0.3) is 0 Å². The summed E-state index contributed by atoms with van der Waals surface area (Å²) in [5.74, 6) is 0.774. The SMILES string of the molecule is Cc1csc(CNC(=O)C2(N)CCN(c3ncnc4[nH]ccc34)CC2)n1. The quantitative estimate of drug-likeness (QED) is 0.638. The van der Waals surface area contributed by atoms with E-state index in [4.69, 9.17) is 5.73 Å². The van der Waals surface area contributed by atoms with E-state index < -0.39 is 5.54 Å². The molecule has 9 heteroatoms. The van der Waals surface area contributed by atoms with Gasteiger partial charge in [0.15, 0.2) is 0 Å². The molecule has 4 N–H and O–H groups in total. The zero-order valence-electron chi connectivity index (χ0n) is 14.5. The minimum absolute atomic E-state index is 0.112. The molecule has 4 heterocycles. The van der Waals surface area contributed by atoms with E-state index in [1.54, 1.807) is 17.7 Å². The molecule has 0 saturated carbocycles. The van der Waals surface area contributed by atoms with Crippen molar-refractivity contribution in [3.05, 3.63) is 34.7 Å². The van der Waals surface area contributed by atoms with E-state index in [2.05, 4.69) is 30.2 Å². The fourth-order valence-electron chi connectivity index (χ4n) is 3.27. The van der Waals surface area contributed by atoms with Crippen molar-refractivity contribution in [1.29, 1.82) is 0 Å². The molecular formula is C17H21N7OS. The molecule has 4 rings (SSSR count). The predicted molar refractivity (Wildman–Crippen MR) is 101 cm³/mol. The Morgan fingerprint density at radius 1 is 1.42 bits per heavy atom. The average Bonchev–Trinajstić information content (AvgIpc) is 3.28. The van der Waals surface area contributed by atoms with Crippen LogP contribution in [0.2, 0.25) is 0 Å². The monoisotopic (exact) mass is 371 g/mol. The number of piperidine rings is 1. The number of H-pyrrole nitrogens is 1. The maximum absolute atomic E-state index is 12.6. The molecule has 0 bridgehead atoms. The van der Waals surface area contributed by atoms with E-state index in [1.165, 1.54) is 0 Å². The summed E-state index contributed by atoms with van der Waals surface area (Å²) >= 11 is 1.54. The van der Waals surface area contributed by atoms with Crippen LogP contribution in [0.1, 0.15) is 23.5 Å². The molecule has 1 aliphatic rings. The molecule has 136 valence electrons. The second-order valence-electron chi connectivity index (χ2n) is 6.65. The molecule has 0 atom stereocenters. The Bertz CT molecular complexity index is 926. The Morgan fingerprint density at radius 3 is 2.96 bits per heavy atom. The number of nitrogens with one attached hydrogen (secondary N) is 2. The van der Waals surface area contributed by atoms with Crippen LogP contribution in [-0.2, 0) is 11.3 Å². The van der Waals surface area contributed by atoms with Gasteiger partial charge in [-0.25, -0.2) is 15.0 Å². The summed E-state index contributed by atoms with van der Waals surface area (Å²) in [5.41, 5.74) is 7.34. The first-order valence-electron chi connectivity index (χ1n) is 8.56. The van der Waals surface area contributed by atoms with Gasteiger partial charge in [-0.1, -0.05) is 0 Å². The van der Waals surface area contributed by atoms with Crippen molar-refractivity contribution in [1.82, 2.24) is 25.3 Å². The van der Waals surface area contributed by atoms with Gasteiger partial charge in [0.1, 0.15) is 22.8 Å². The maximum atomic E-state index is 12.6. The van der Waals surface area contributed by atoms with Gasteiger partial charge in [0.2, 0.25) is 5.91 Å². The molecule has 1 amide bonds. The molecule has 0 aliphatic carbocycles. The molecular weight excluding hydrogens is 350 g/mol. The van der Waals surface area contributed by atoms with Gasteiger partial charge in [-0.2, -0.15) is 0 Å². The van der Waals surface area contributed by atoms with Crippen molar-refractivity contribution < 1.29 is 4.79 Å². The Kier molecular flexibility index (Phi) is 4.33. The largest absolute Gasteiger partial charge is 0.356 e. The van der Waals surface area contributed by atoms with Crippen molar-refractivity contribution in [2.75, 3.05) is 18.0 Å². The van der Waals surface area contributed by atoms with Gasteiger partial charge >= 0.3 is 0 Å². The highest BCUT2D eigenvalue weighted by molar-refractivity contribution is 7.09. The number of hydrogen-bond donors (Lipinski definition) is 3. The van der Waals surface area contributed by atoms with Gasteiger partial charge in [0.05, 0.1) is 17.5 Å². The number of aromatic nitrogens is 4. The Balaban J connectivity index is 1.40.